The summed E-state index contributed by atoms with van der Waals surface area (Å²) in [6, 6.07) is 9.89. The average Bonchev–Trinajstić information content (AvgIpc) is 2.46. The normalized spacial score (nSPS) is 12.0. The van der Waals surface area contributed by atoms with E-state index < -0.39 is 26.4 Å². The Morgan fingerprint density at radius 3 is 2.32 bits per heavy atom. The Morgan fingerprint density at radius 1 is 1.14 bits per heavy atom. The van der Waals surface area contributed by atoms with Gasteiger partial charge in [0.15, 0.2) is 0 Å². The van der Waals surface area contributed by atoms with Crippen LogP contribution in [0.1, 0.15) is 5.56 Å². The summed E-state index contributed by atoms with van der Waals surface area (Å²) >= 11 is 3.18. The molecule has 0 saturated heterocycles. The topological polar surface area (TPSA) is 57.9 Å². The fraction of sp³-hybridized carbons (Fsp3) is 0. The smallest absolute Gasteiger partial charge is 0.216 e. The van der Waals surface area contributed by atoms with E-state index in [9.17, 15) is 17.2 Å². The first-order valence-electron chi connectivity index (χ1n) is 5.92. The average molecular weight is 384 g/mol. The van der Waals surface area contributed by atoms with Crippen molar-refractivity contribution in [3.8, 4) is 6.07 Å². The highest BCUT2D eigenvalue weighted by Gasteiger charge is 2.21. The Kier molecular flexibility index (Phi) is 4.74. The summed E-state index contributed by atoms with van der Waals surface area (Å²) in [5.41, 5.74) is -0.182. The van der Waals surface area contributed by atoms with E-state index in [2.05, 4.69) is 15.9 Å². The number of halogens is 3. The molecule has 2 aromatic carbocycles. The second-order valence-corrected chi connectivity index (χ2v) is 7.08. The molecule has 0 spiro atoms. The number of rotatable bonds is 3. The van der Waals surface area contributed by atoms with Gasteiger partial charge >= 0.3 is 0 Å². The van der Waals surface area contributed by atoms with Crippen LogP contribution in [0.4, 0.5) is 8.78 Å². The van der Waals surface area contributed by atoms with Gasteiger partial charge in [-0.1, -0.05) is 15.9 Å². The van der Waals surface area contributed by atoms with Crippen molar-refractivity contribution >= 4 is 31.8 Å². The lowest BCUT2D eigenvalue weighted by atomic mass is 10.2. The lowest BCUT2D eigenvalue weighted by Crippen LogP contribution is -2.03. The number of nitrogens with zero attached hydrogens (tertiary/aromatic N) is 1. The quantitative estimate of drug-likeness (QED) is 0.750. The van der Waals surface area contributed by atoms with Crippen molar-refractivity contribution in [2.24, 2.45) is 0 Å². The zero-order chi connectivity index (χ0) is 16.3. The molecule has 0 atom stereocenters. The van der Waals surface area contributed by atoms with E-state index in [4.69, 9.17) is 5.26 Å². The second kappa shape index (κ2) is 6.38. The van der Waals surface area contributed by atoms with E-state index in [1.807, 2.05) is 0 Å². The third-order valence-electron chi connectivity index (χ3n) is 2.77. The summed E-state index contributed by atoms with van der Waals surface area (Å²) in [6.45, 7) is 0. The fourth-order valence-electron chi connectivity index (χ4n) is 1.67. The number of nitriles is 1. The molecule has 3 nitrogen and oxygen atoms in total. The van der Waals surface area contributed by atoms with Gasteiger partial charge in [-0.05, 0) is 42.5 Å². The molecule has 0 radical (unpaired) electrons. The molecule has 0 heterocycles. The van der Waals surface area contributed by atoms with Crippen LogP contribution >= 0.6 is 15.9 Å². The largest absolute Gasteiger partial charge is 0.218 e. The van der Waals surface area contributed by atoms with Crippen LogP contribution in [0.15, 0.2) is 56.7 Å². The molecule has 22 heavy (non-hydrogen) atoms. The van der Waals surface area contributed by atoms with Crippen LogP contribution < -0.4 is 0 Å². The van der Waals surface area contributed by atoms with Gasteiger partial charge in [0.05, 0.1) is 4.90 Å². The van der Waals surface area contributed by atoms with E-state index in [1.165, 1.54) is 24.3 Å². The highest BCUT2D eigenvalue weighted by atomic mass is 79.9. The highest BCUT2D eigenvalue weighted by molar-refractivity contribution is 9.10. The number of hydrogen-bond donors (Lipinski definition) is 0. The predicted octanol–water partition coefficient (Wildman–Crippen LogP) is 4.07. The SMILES string of the molecule is N#C/C(=C\c1ccc(F)cc1F)S(=O)(=O)c1ccc(Br)cc1. The molecule has 2 aromatic rings. The third-order valence-corrected chi connectivity index (χ3v) is 4.98. The van der Waals surface area contributed by atoms with Crippen molar-refractivity contribution < 1.29 is 17.2 Å². The van der Waals surface area contributed by atoms with E-state index in [-0.39, 0.29) is 10.5 Å². The minimum absolute atomic E-state index is 0.0916. The van der Waals surface area contributed by atoms with Crippen LogP contribution in [0.3, 0.4) is 0 Å². The molecule has 0 saturated carbocycles. The Balaban J connectivity index is 2.53. The van der Waals surface area contributed by atoms with Crippen molar-refractivity contribution in [2.75, 3.05) is 0 Å². The van der Waals surface area contributed by atoms with Crippen LogP contribution in [-0.4, -0.2) is 8.42 Å². The summed E-state index contributed by atoms with van der Waals surface area (Å²) in [5, 5.41) is 9.08. The van der Waals surface area contributed by atoms with Gasteiger partial charge in [-0.15, -0.1) is 0 Å². The van der Waals surface area contributed by atoms with E-state index in [0.717, 1.165) is 18.2 Å². The Bertz CT molecular complexity index is 885. The molecule has 0 amide bonds. The summed E-state index contributed by atoms with van der Waals surface area (Å²) < 4.78 is 51.8. The maximum atomic E-state index is 13.6. The maximum absolute atomic E-state index is 13.6. The standard InChI is InChI=1S/C15H8BrF2NO2S/c16-11-2-5-13(6-3-11)22(20,21)14(9-19)7-10-1-4-12(17)8-15(10)18/h1-8H/b14-7+. The molecule has 0 unspecified atom stereocenters. The van der Waals surface area contributed by atoms with E-state index in [0.29, 0.717) is 10.5 Å². The van der Waals surface area contributed by atoms with Crippen LogP contribution in [0.2, 0.25) is 0 Å². The highest BCUT2D eigenvalue weighted by Crippen LogP contribution is 2.23. The van der Waals surface area contributed by atoms with Crippen molar-refractivity contribution in [1.29, 1.82) is 5.26 Å². The summed E-state index contributed by atoms with van der Waals surface area (Å²) in [5.74, 6) is -1.73. The number of benzene rings is 2. The molecule has 0 fully saturated rings. The molecule has 2 rings (SSSR count). The molecule has 0 aliphatic heterocycles. The first-order chi connectivity index (χ1) is 10.3. The van der Waals surface area contributed by atoms with Crippen LogP contribution in [-0.2, 0) is 9.84 Å². The molecule has 7 heteroatoms. The first kappa shape index (κ1) is 16.3. The Morgan fingerprint density at radius 2 is 1.77 bits per heavy atom. The summed E-state index contributed by atoms with van der Waals surface area (Å²) in [4.78, 5) is -0.716. The Labute approximate surface area is 134 Å². The molecule has 112 valence electrons. The second-order valence-electron chi connectivity index (χ2n) is 4.24. The lowest BCUT2D eigenvalue weighted by Gasteiger charge is -2.04. The van der Waals surface area contributed by atoms with Gasteiger partial charge in [-0.2, -0.15) is 5.26 Å². The minimum atomic E-state index is -4.07. The zero-order valence-corrected chi connectivity index (χ0v) is 13.3. The third kappa shape index (κ3) is 3.40. The molecular weight excluding hydrogens is 376 g/mol. The molecular formula is C15H8BrF2NO2S. The van der Waals surface area contributed by atoms with Gasteiger partial charge in [-0.25, -0.2) is 17.2 Å². The number of hydrogen-bond acceptors (Lipinski definition) is 3. The van der Waals surface area contributed by atoms with Crippen LogP contribution in [0.25, 0.3) is 6.08 Å². The predicted molar refractivity (Wildman–Crippen MR) is 81.3 cm³/mol. The summed E-state index contributed by atoms with van der Waals surface area (Å²) in [7, 11) is -4.07. The van der Waals surface area contributed by atoms with Crippen molar-refractivity contribution in [3.05, 3.63) is 69.0 Å². The van der Waals surface area contributed by atoms with Gasteiger partial charge in [0, 0.05) is 16.1 Å². The van der Waals surface area contributed by atoms with Gasteiger partial charge in [0.1, 0.15) is 22.6 Å². The van der Waals surface area contributed by atoms with Crippen LogP contribution in [0.5, 0.6) is 0 Å². The van der Waals surface area contributed by atoms with Crippen LogP contribution in [0, 0.1) is 23.0 Å². The lowest BCUT2D eigenvalue weighted by molar-refractivity contribution is 0.581. The van der Waals surface area contributed by atoms with Gasteiger partial charge in [-0.3, -0.25) is 0 Å². The van der Waals surface area contributed by atoms with Crippen molar-refractivity contribution in [1.82, 2.24) is 0 Å². The number of sulfone groups is 1. The van der Waals surface area contributed by atoms with Gasteiger partial charge < -0.3 is 0 Å². The molecule has 0 aliphatic rings. The number of allylic oxidation sites excluding steroid dienone is 1. The monoisotopic (exact) mass is 383 g/mol. The van der Waals surface area contributed by atoms with E-state index in [1.54, 1.807) is 6.07 Å². The molecule has 0 N–H and O–H groups in total. The minimum Gasteiger partial charge on any atom is -0.218 e. The molecule has 0 aliphatic carbocycles. The fourth-order valence-corrected chi connectivity index (χ4v) is 3.09. The van der Waals surface area contributed by atoms with Crippen molar-refractivity contribution in [3.63, 3.8) is 0 Å². The molecule has 0 aromatic heterocycles. The molecule has 0 bridgehead atoms. The van der Waals surface area contributed by atoms with E-state index >= 15 is 0 Å². The van der Waals surface area contributed by atoms with Crippen molar-refractivity contribution in [2.45, 2.75) is 4.90 Å². The maximum Gasteiger partial charge on any atom is 0.216 e. The Hall–Kier alpha value is -2.04. The zero-order valence-electron chi connectivity index (χ0n) is 10.9. The van der Waals surface area contributed by atoms with Gasteiger partial charge in [0.2, 0.25) is 9.84 Å². The first-order valence-corrected chi connectivity index (χ1v) is 8.20. The summed E-state index contributed by atoms with van der Waals surface area (Å²) in [6.07, 6.45) is 0.881. The van der Waals surface area contributed by atoms with Gasteiger partial charge in [0.25, 0.3) is 0 Å².